The smallest absolute Gasteiger partial charge is 0.257 e. The summed E-state index contributed by atoms with van der Waals surface area (Å²) in [6.45, 7) is 0. The zero-order valence-corrected chi connectivity index (χ0v) is 12.8. The minimum absolute atomic E-state index is 0.285. The molecule has 0 saturated heterocycles. The Hall–Kier alpha value is -2.30. The number of hydrogen-bond acceptors (Lipinski definition) is 3. The highest BCUT2D eigenvalue weighted by molar-refractivity contribution is 6.39. The van der Waals surface area contributed by atoms with Crippen molar-refractivity contribution in [3.05, 3.63) is 64.3 Å². The van der Waals surface area contributed by atoms with Gasteiger partial charge in [0.2, 0.25) is 0 Å². The van der Waals surface area contributed by atoms with Crippen LogP contribution in [0.4, 0.5) is 11.4 Å². The predicted molar refractivity (Wildman–Crippen MR) is 90.6 cm³/mol. The lowest BCUT2D eigenvalue weighted by atomic mass is 10.1. The Morgan fingerprint density at radius 3 is 2.50 bits per heavy atom. The fraction of sp³-hybridized carbons (Fsp3) is 0. The number of rotatable bonds is 2. The standard InChI is InChI=1S/C16H11Cl2N3O/c17-12-7-10(8-13(18)14(12)19)21-16(22)11-5-1-3-9-4-2-6-20-15(9)11/h1-8H,19H2,(H,21,22). The van der Waals surface area contributed by atoms with Gasteiger partial charge in [-0.15, -0.1) is 0 Å². The third-order valence-electron chi connectivity index (χ3n) is 3.21. The van der Waals surface area contributed by atoms with E-state index in [1.807, 2.05) is 24.3 Å². The van der Waals surface area contributed by atoms with Gasteiger partial charge in [0.1, 0.15) is 0 Å². The van der Waals surface area contributed by atoms with E-state index in [0.29, 0.717) is 26.8 Å². The van der Waals surface area contributed by atoms with Crippen molar-refractivity contribution in [1.29, 1.82) is 0 Å². The number of halogens is 2. The van der Waals surface area contributed by atoms with Crippen molar-refractivity contribution in [3.63, 3.8) is 0 Å². The molecule has 0 spiro atoms. The normalized spacial score (nSPS) is 10.6. The van der Waals surface area contributed by atoms with Crippen LogP contribution in [0, 0.1) is 0 Å². The van der Waals surface area contributed by atoms with Gasteiger partial charge in [0.15, 0.2) is 0 Å². The number of nitrogens with one attached hydrogen (secondary N) is 1. The van der Waals surface area contributed by atoms with E-state index in [1.54, 1.807) is 24.4 Å². The second kappa shape index (κ2) is 5.83. The van der Waals surface area contributed by atoms with Crippen molar-refractivity contribution in [2.45, 2.75) is 0 Å². The fourth-order valence-electron chi connectivity index (χ4n) is 2.14. The Bertz CT molecular complexity index is 852. The number of aromatic nitrogens is 1. The highest BCUT2D eigenvalue weighted by Crippen LogP contribution is 2.31. The molecular weight excluding hydrogens is 321 g/mol. The summed E-state index contributed by atoms with van der Waals surface area (Å²) in [6.07, 6.45) is 1.65. The van der Waals surface area contributed by atoms with Gasteiger partial charge in [-0.2, -0.15) is 0 Å². The first-order valence-corrected chi connectivity index (χ1v) is 7.21. The number of pyridine rings is 1. The largest absolute Gasteiger partial charge is 0.396 e. The van der Waals surface area contributed by atoms with Crippen LogP contribution in [0.25, 0.3) is 10.9 Å². The van der Waals surface area contributed by atoms with Crippen molar-refractivity contribution in [3.8, 4) is 0 Å². The molecule has 4 nitrogen and oxygen atoms in total. The number of fused-ring (bicyclic) bond motifs is 1. The molecule has 0 aliphatic heterocycles. The van der Waals surface area contributed by atoms with Gasteiger partial charge in [-0.05, 0) is 24.3 Å². The first kappa shape index (κ1) is 14.6. The van der Waals surface area contributed by atoms with Gasteiger partial charge < -0.3 is 11.1 Å². The van der Waals surface area contributed by atoms with Crippen molar-refractivity contribution < 1.29 is 4.79 Å². The summed E-state index contributed by atoms with van der Waals surface area (Å²) in [6, 6.07) is 12.3. The molecule has 0 aliphatic rings. The maximum atomic E-state index is 12.5. The average molecular weight is 332 g/mol. The molecule has 0 radical (unpaired) electrons. The Labute approximate surface area is 136 Å². The molecule has 2 aromatic carbocycles. The minimum atomic E-state index is -0.291. The zero-order chi connectivity index (χ0) is 15.7. The lowest BCUT2D eigenvalue weighted by Gasteiger charge is -2.09. The van der Waals surface area contributed by atoms with Crippen LogP contribution < -0.4 is 11.1 Å². The van der Waals surface area contributed by atoms with Crippen molar-refractivity contribution in [2.24, 2.45) is 0 Å². The molecule has 1 heterocycles. The quantitative estimate of drug-likeness (QED) is 0.685. The molecule has 3 aromatic rings. The van der Waals surface area contributed by atoms with Gasteiger partial charge in [0.05, 0.1) is 26.8 Å². The Morgan fingerprint density at radius 2 is 1.77 bits per heavy atom. The third-order valence-corrected chi connectivity index (χ3v) is 3.84. The van der Waals surface area contributed by atoms with E-state index in [-0.39, 0.29) is 11.6 Å². The molecule has 6 heteroatoms. The molecule has 0 atom stereocenters. The Kier molecular flexibility index (Phi) is 3.88. The van der Waals surface area contributed by atoms with E-state index in [0.717, 1.165) is 5.39 Å². The molecular formula is C16H11Cl2N3O. The van der Waals surface area contributed by atoms with Gasteiger partial charge in [-0.25, -0.2) is 0 Å². The van der Waals surface area contributed by atoms with Gasteiger partial charge in [-0.3, -0.25) is 9.78 Å². The van der Waals surface area contributed by atoms with E-state index in [1.165, 1.54) is 0 Å². The van der Waals surface area contributed by atoms with Crippen LogP contribution in [0.3, 0.4) is 0 Å². The number of nitrogens with two attached hydrogens (primary N) is 1. The molecule has 0 unspecified atom stereocenters. The number of amides is 1. The number of hydrogen-bond donors (Lipinski definition) is 2. The van der Waals surface area contributed by atoms with Crippen LogP contribution in [-0.2, 0) is 0 Å². The van der Waals surface area contributed by atoms with E-state index < -0.39 is 0 Å². The first-order chi connectivity index (χ1) is 10.6. The number of carbonyl (C=O) groups excluding carboxylic acids is 1. The molecule has 3 N–H and O–H groups in total. The minimum Gasteiger partial charge on any atom is -0.396 e. The average Bonchev–Trinajstić information content (AvgIpc) is 2.52. The third kappa shape index (κ3) is 2.71. The van der Waals surface area contributed by atoms with Crippen LogP contribution in [0.15, 0.2) is 48.7 Å². The van der Waals surface area contributed by atoms with Crippen LogP contribution in [0.2, 0.25) is 10.0 Å². The van der Waals surface area contributed by atoms with Crippen LogP contribution >= 0.6 is 23.2 Å². The maximum absolute atomic E-state index is 12.5. The summed E-state index contributed by atoms with van der Waals surface area (Å²) in [7, 11) is 0. The second-order valence-corrected chi connectivity index (χ2v) is 5.50. The summed E-state index contributed by atoms with van der Waals surface area (Å²) >= 11 is 11.9. The summed E-state index contributed by atoms with van der Waals surface area (Å²) in [5, 5.41) is 4.23. The topological polar surface area (TPSA) is 68.0 Å². The molecule has 110 valence electrons. The number of nitrogens with zero attached hydrogens (tertiary/aromatic N) is 1. The van der Waals surface area contributed by atoms with Gasteiger partial charge >= 0.3 is 0 Å². The van der Waals surface area contributed by atoms with Crippen LogP contribution in [0.1, 0.15) is 10.4 Å². The predicted octanol–water partition coefficient (Wildman–Crippen LogP) is 4.38. The molecule has 0 aliphatic carbocycles. The number of benzene rings is 2. The number of carbonyl (C=O) groups is 1. The Balaban J connectivity index is 1.97. The summed E-state index contributed by atoms with van der Waals surface area (Å²) in [4.78, 5) is 16.7. The van der Waals surface area contributed by atoms with E-state index in [2.05, 4.69) is 10.3 Å². The number of anilines is 2. The fourth-order valence-corrected chi connectivity index (χ4v) is 2.63. The summed E-state index contributed by atoms with van der Waals surface area (Å²) < 4.78 is 0. The molecule has 0 bridgehead atoms. The molecule has 0 saturated carbocycles. The van der Waals surface area contributed by atoms with Crippen molar-refractivity contribution >= 4 is 51.4 Å². The second-order valence-electron chi connectivity index (χ2n) is 4.69. The number of para-hydroxylation sites is 1. The molecule has 0 fully saturated rings. The highest BCUT2D eigenvalue weighted by Gasteiger charge is 2.12. The van der Waals surface area contributed by atoms with E-state index in [4.69, 9.17) is 28.9 Å². The lowest BCUT2D eigenvalue weighted by Crippen LogP contribution is -2.13. The van der Waals surface area contributed by atoms with Crippen LogP contribution in [0.5, 0.6) is 0 Å². The maximum Gasteiger partial charge on any atom is 0.257 e. The summed E-state index contributed by atoms with van der Waals surface area (Å²) in [5.41, 5.74) is 7.55. The molecule has 1 amide bonds. The SMILES string of the molecule is Nc1c(Cl)cc(NC(=O)c2cccc3cccnc23)cc1Cl. The highest BCUT2D eigenvalue weighted by atomic mass is 35.5. The Morgan fingerprint density at radius 1 is 1.09 bits per heavy atom. The zero-order valence-electron chi connectivity index (χ0n) is 11.3. The van der Waals surface area contributed by atoms with Crippen LogP contribution in [-0.4, -0.2) is 10.9 Å². The van der Waals surface area contributed by atoms with Gasteiger partial charge in [0.25, 0.3) is 5.91 Å². The van der Waals surface area contributed by atoms with Crippen molar-refractivity contribution in [2.75, 3.05) is 11.1 Å². The summed E-state index contributed by atoms with van der Waals surface area (Å²) in [5.74, 6) is -0.291. The van der Waals surface area contributed by atoms with Gasteiger partial charge in [-0.1, -0.05) is 41.4 Å². The van der Waals surface area contributed by atoms with Crippen molar-refractivity contribution in [1.82, 2.24) is 4.98 Å². The monoisotopic (exact) mass is 331 g/mol. The van der Waals surface area contributed by atoms with E-state index >= 15 is 0 Å². The molecule has 1 aromatic heterocycles. The first-order valence-electron chi connectivity index (χ1n) is 6.46. The molecule has 22 heavy (non-hydrogen) atoms. The van der Waals surface area contributed by atoms with Gasteiger partial charge in [0, 0.05) is 17.3 Å². The molecule has 3 rings (SSSR count). The number of nitrogen functional groups attached to an aromatic ring is 1. The van der Waals surface area contributed by atoms with E-state index in [9.17, 15) is 4.79 Å². The lowest BCUT2D eigenvalue weighted by molar-refractivity contribution is 0.102.